The maximum absolute atomic E-state index is 11.1. The fraction of sp³-hybridized carbons (Fsp3) is 0.357. The molecule has 0 fully saturated rings. The number of nitrogens with one attached hydrogen (secondary N) is 1. The summed E-state index contributed by atoms with van der Waals surface area (Å²) in [5, 5.41) is 2.73. The molecule has 0 aliphatic rings. The molecule has 0 radical (unpaired) electrons. The molecule has 0 atom stereocenters. The fourth-order valence-corrected chi connectivity index (χ4v) is 2.24. The van der Waals surface area contributed by atoms with E-state index in [1.807, 2.05) is 36.0 Å². The Hall–Kier alpha value is -1.26. The topological polar surface area (TPSA) is 32.3 Å². The van der Waals surface area contributed by atoms with Gasteiger partial charge < -0.3 is 10.2 Å². The second-order valence-corrected chi connectivity index (χ2v) is 5.39. The lowest BCUT2D eigenvalue weighted by Gasteiger charge is -2.09. The van der Waals surface area contributed by atoms with Gasteiger partial charge in [0.25, 0.3) is 0 Å². The zero-order valence-electron chi connectivity index (χ0n) is 11.0. The van der Waals surface area contributed by atoms with Crippen molar-refractivity contribution in [2.45, 2.75) is 11.3 Å². The molecule has 0 spiro atoms. The summed E-state index contributed by atoms with van der Waals surface area (Å²) in [6.45, 7) is 4.53. The monoisotopic (exact) mass is 264 g/mol. The molecule has 1 N–H and O–H groups in total. The van der Waals surface area contributed by atoms with Crippen LogP contribution in [-0.2, 0) is 4.79 Å². The van der Waals surface area contributed by atoms with E-state index >= 15 is 0 Å². The van der Waals surface area contributed by atoms with Gasteiger partial charge in [-0.05, 0) is 63.2 Å². The largest absolute Gasteiger partial charge is 0.323 e. The number of carbonyl (C=O) groups excluding carboxylic acids is 1. The van der Waals surface area contributed by atoms with Gasteiger partial charge in [-0.15, -0.1) is 11.8 Å². The first-order valence-corrected chi connectivity index (χ1v) is 6.91. The highest BCUT2D eigenvalue weighted by molar-refractivity contribution is 7.99. The third-order valence-electron chi connectivity index (χ3n) is 2.33. The van der Waals surface area contributed by atoms with Crippen LogP contribution in [0.2, 0.25) is 0 Å². The number of rotatable bonds is 7. The highest BCUT2D eigenvalue weighted by Crippen LogP contribution is 2.21. The molecule has 0 bridgehead atoms. The molecule has 4 heteroatoms. The van der Waals surface area contributed by atoms with Crippen LogP contribution in [0, 0.1) is 0 Å². The summed E-state index contributed by atoms with van der Waals surface area (Å²) in [6.07, 6.45) is 2.44. The van der Waals surface area contributed by atoms with Crippen molar-refractivity contribution in [3.63, 3.8) is 0 Å². The van der Waals surface area contributed by atoms with Crippen LogP contribution in [0.4, 0.5) is 5.69 Å². The summed E-state index contributed by atoms with van der Waals surface area (Å²) < 4.78 is 0. The molecular weight excluding hydrogens is 244 g/mol. The van der Waals surface area contributed by atoms with Crippen molar-refractivity contribution >= 4 is 23.4 Å². The number of amides is 1. The van der Waals surface area contributed by atoms with Gasteiger partial charge in [0.05, 0.1) is 0 Å². The molecule has 0 saturated heterocycles. The van der Waals surface area contributed by atoms with Crippen molar-refractivity contribution in [2.75, 3.05) is 31.7 Å². The Morgan fingerprint density at radius 3 is 2.61 bits per heavy atom. The van der Waals surface area contributed by atoms with Crippen molar-refractivity contribution in [1.29, 1.82) is 0 Å². The normalized spacial score (nSPS) is 10.4. The van der Waals surface area contributed by atoms with Gasteiger partial charge in [0.1, 0.15) is 0 Å². The number of nitrogens with zero attached hydrogens (tertiary/aromatic N) is 1. The minimum absolute atomic E-state index is 0.179. The average Bonchev–Trinajstić information content (AvgIpc) is 2.36. The summed E-state index contributed by atoms with van der Waals surface area (Å²) in [5.74, 6) is 0.928. The Labute approximate surface area is 113 Å². The van der Waals surface area contributed by atoms with E-state index in [0.717, 1.165) is 18.0 Å². The van der Waals surface area contributed by atoms with E-state index in [1.165, 1.54) is 17.4 Å². The van der Waals surface area contributed by atoms with E-state index in [4.69, 9.17) is 0 Å². The summed E-state index contributed by atoms with van der Waals surface area (Å²) in [4.78, 5) is 14.5. The molecule has 0 saturated carbocycles. The number of thioether (sulfide) groups is 1. The molecule has 1 aromatic carbocycles. The summed E-state index contributed by atoms with van der Waals surface area (Å²) in [6, 6.07) is 7.88. The van der Waals surface area contributed by atoms with Crippen LogP contribution in [0.25, 0.3) is 0 Å². The van der Waals surface area contributed by atoms with E-state index in [9.17, 15) is 4.79 Å². The Balaban J connectivity index is 2.36. The zero-order chi connectivity index (χ0) is 13.4. The first kappa shape index (κ1) is 14.8. The van der Waals surface area contributed by atoms with Gasteiger partial charge in [-0.25, -0.2) is 0 Å². The Morgan fingerprint density at radius 1 is 1.39 bits per heavy atom. The highest BCUT2D eigenvalue weighted by atomic mass is 32.2. The lowest BCUT2D eigenvalue weighted by atomic mass is 10.3. The Kier molecular flexibility index (Phi) is 6.54. The van der Waals surface area contributed by atoms with E-state index in [-0.39, 0.29) is 5.91 Å². The minimum atomic E-state index is -0.179. The molecule has 0 unspecified atom stereocenters. The molecule has 1 amide bonds. The van der Waals surface area contributed by atoms with E-state index < -0.39 is 0 Å². The van der Waals surface area contributed by atoms with Gasteiger partial charge in [0.2, 0.25) is 5.91 Å². The van der Waals surface area contributed by atoms with Gasteiger partial charge in [-0.1, -0.05) is 6.58 Å². The molecule has 0 aromatic heterocycles. The van der Waals surface area contributed by atoms with Crippen LogP contribution in [0.3, 0.4) is 0 Å². The number of carbonyl (C=O) groups is 1. The SMILES string of the molecule is C=CC(=O)Nc1ccc(SCCCN(C)C)cc1. The average molecular weight is 264 g/mol. The standard InChI is InChI=1S/C14H20N2OS/c1-4-14(17)15-12-6-8-13(9-7-12)18-11-5-10-16(2)3/h4,6-9H,1,5,10-11H2,2-3H3,(H,15,17). The second-order valence-electron chi connectivity index (χ2n) is 4.22. The van der Waals surface area contributed by atoms with Crippen LogP contribution in [-0.4, -0.2) is 37.2 Å². The number of benzene rings is 1. The quantitative estimate of drug-likeness (QED) is 0.467. The third-order valence-corrected chi connectivity index (χ3v) is 3.42. The fourth-order valence-electron chi connectivity index (χ4n) is 1.40. The van der Waals surface area contributed by atoms with Crippen molar-refractivity contribution < 1.29 is 4.79 Å². The number of hydrogen-bond acceptors (Lipinski definition) is 3. The Bertz CT molecular complexity index is 387. The number of hydrogen-bond donors (Lipinski definition) is 1. The van der Waals surface area contributed by atoms with E-state index in [2.05, 4.69) is 30.9 Å². The molecule has 1 aromatic rings. The van der Waals surface area contributed by atoms with Crippen LogP contribution >= 0.6 is 11.8 Å². The Morgan fingerprint density at radius 2 is 2.06 bits per heavy atom. The van der Waals surface area contributed by atoms with Crippen LogP contribution in [0.5, 0.6) is 0 Å². The first-order chi connectivity index (χ1) is 8.61. The lowest BCUT2D eigenvalue weighted by Crippen LogP contribution is -2.13. The molecule has 98 valence electrons. The van der Waals surface area contributed by atoms with Gasteiger partial charge in [-0.3, -0.25) is 4.79 Å². The highest BCUT2D eigenvalue weighted by Gasteiger charge is 1.98. The van der Waals surface area contributed by atoms with Gasteiger partial charge in [0, 0.05) is 10.6 Å². The lowest BCUT2D eigenvalue weighted by molar-refractivity contribution is -0.111. The zero-order valence-corrected chi connectivity index (χ0v) is 11.8. The third kappa shape index (κ3) is 5.89. The van der Waals surface area contributed by atoms with Crippen molar-refractivity contribution in [3.05, 3.63) is 36.9 Å². The second kappa shape index (κ2) is 7.95. The van der Waals surface area contributed by atoms with Crippen molar-refractivity contribution in [3.8, 4) is 0 Å². The van der Waals surface area contributed by atoms with Crippen LogP contribution in [0.1, 0.15) is 6.42 Å². The molecule has 3 nitrogen and oxygen atoms in total. The molecule has 1 rings (SSSR count). The molecule has 0 aliphatic carbocycles. The molecule has 0 heterocycles. The maximum atomic E-state index is 11.1. The van der Waals surface area contributed by atoms with E-state index in [1.54, 1.807) is 0 Å². The maximum Gasteiger partial charge on any atom is 0.247 e. The summed E-state index contributed by atoms with van der Waals surface area (Å²) in [7, 11) is 4.17. The van der Waals surface area contributed by atoms with E-state index in [0.29, 0.717) is 0 Å². The molecule has 18 heavy (non-hydrogen) atoms. The summed E-state index contributed by atoms with van der Waals surface area (Å²) >= 11 is 1.84. The predicted molar refractivity (Wildman–Crippen MR) is 79.2 cm³/mol. The van der Waals surface area contributed by atoms with Crippen molar-refractivity contribution in [2.24, 2.45) is 0 Å². The van der Waals surface area contributed by atoms with Crippen LogP contribution in [0.15, 0.2) is 41.8 Å². The smallest absolute Gasteiger partial charge is 0.247 e. The van der Waals surface area contributed by atoms with Crippen LogP contribution < -0.4 is 5.32 Å². The van der Waals surface area contributed by atoms with Gasteiger partial charge >= 0.3 is 0 Å². The predicted octanol–water partition coefficient (Wildman–Crippen LogP) is 2.85. The minimum Gasteiger partial charge on any atom is -0.323 e. The van der Waals surface area contributed by atoms with Gasteiger partial charge in [-0.2, -0.15) is 0 Å². The molecular formula is C14H20N2OS. The van der Waals surface area contributed by atoms with Crippen molar-refractivity contribution in [1.82, 2.24) is 4.90 Å². The van der Waals surface area contributed by atoms with Gasteiger partial charge in [0.15, 0.2) is 0 Å². The summed E-state index contributed by atoms with van der Waals surface area (Å²) in [5.41, 5.74) is 0.803. The first-order valence-electron chi connectivity index (χ1n) is 5.93. The number of anilines is 1. The molecule has 0 aliphatic heterocycles.